The molecule has 120 valence electrons. The van der Waals surface area contributed by atoms with Crippen LogP contribution in [0.3, 0.4) is 0 Å². The average molecular weight is 314 g/mol. The highest BCUT2D eigenvalue weighted by atomic mass is 32.2. The molecule has 0 amide bonds. The number of nitrogens with two attached hydrogens (primary N) is 1. The maximum atomic E-state index is 12.5. The van der Waals surface area contributed by atoms with Gasteiger partial charge in [0.15, 0.2) is 5.82 Å². The number of aromatic nitrogens is 2. The van der Waals surface area contributed by atoms with Gasteiger partial charge in [0.05, 0.1) is 0 Å². The summed E-state index contributed by atoms with van der Waals surface area (Å²) in [4.78, 5) is 0.0966. The van der Waals surface area contributed by atoms with Gasteiger partial charge in [0.1, 0.15) is 4.90 Å². The molecule has 0 aromatic carbocycles. The number of rotatable bonds is 5. The Bertz CT molecular complexity index is 592. The highest BCUT2D eigenvalue weighted by Gasteiger charge is 2.32. The van der Waals surface area contributed by atoms with Crippen molar-refractivity contribution in [1.82, 2.24) is 14.5 Å². The normalized spacial score (nSPS) is 22.3. The lowest BCUT2D eigenvalue weighted by atomic mass is 9.75. The molecule has 0 radical (unpaired) electrons. The predicted molar refractivity (Wildman–Crippen MR) is 83.3 cm³/mol. The molecule has 1 unspecified atom stereocenters. The Morgan fingerprint density at radius 2 is 2.24 bits per heavy atom. The first kappa shape index (κ1) is 16.3. The van der Waals surface area contributed by atoms with Gasteiger partial charge >= 0.3 is 0 Å². The summed E-state index contributed by atoms with van der Waals surface area (Å²) in [7, 11) is -3.60. The molecule has 1 heterocycles. The fraction of sp³-hybridized carbons (Fsp3) is 0.786. The van der Waals surface area contributed by atoms with E-state index in [-0.39, 0.29) is 22.2 Å². The molecule has 0 aliphatic heterocycles. The Morgan fingerprint density at radius 3 is 2.86 bits per heavy atom. The van der Waals surface area contributed by atoms with Crippen LogP contribution in [0.1, 0.15) is 52.9 Å². The lowest BCUT2D eigenvalue weighted by Gasteiger charge is -2.35. The largest absolute Gasteiger partial charge is 0.381 e. The van der Waals surface area contributed by atoms with Gasteiger partial charge in [-0.3, -0.25) is 4.68 Å². The number of sulfonamides is 1. The van der Waals surface area contributed by atoms with E-state index in [0.717, 1.165) is 32.1 Å². The molecule has 1 fully saturated rings. The number of nitrogens with one attached hydrogen (secondary N) is 1. The van der Waals surface area contributed by atoms with Crippen LogP contribution in [-0.2, 0) is 16.6 Å². The fourth-order valence-electron chi connectivity index (χ4n) is 3.05. The molecule has 2 rings (SSSR count). The van der Waals surface area contributed by atoms with E-state index >= 15 is 0 Å². The molecule has 0 saturated heterocycles. The van der Waals surface area contributed by atoms with Gasteiger partial charge in [-0.1, -0.05) is 27.2 Å². The van der Waals surface area contributed by atoms with Crippen LogP contribution in [0.5, 0.6) is 0 Å². The maximum Gasteiger partial charge on any atom is 0.246 e. The Kier molecular flexibility index (Phi) is 4.63. The van der Waals surface area contributed by atoms with Crippen LogP contribution in [0.15, 0.2) is 11.1 Å². The van der Waals surface area contributed by atoms with Crippen molar-refractivity contribution >= 4 is 15.8 Å². The predicted octanol–water partition coefficient (Wildman–Crippen LogP) is 2.12. The second-order valence-corrected chi connectivity index (χ2v) is 8.40. The van der Waals surface area contributed by atoms with Crippen molar-refractivity contribution < 1.29 is 8.42 Å². The minimum atomic E-state index is -3.60. The monoisotopic (exact) mass is 314 g/mol. The topological polar surface area (TPSA) is 90.0 Å². The van der Waals surface area contributed by atoms with Crippen molar-refractivity contribution in [2.24, 2.45) is 5.41 Å². The highest BCUT2D eigenvalue weighted by molar-refractivity contribution is 7.89. The van der Waals surface area contributed by atoms with Crippen LogP contribution in [0, 0.1) is 5.41 Å². The Labute approximate surface area is 127 Å². The SMILES string of the molecule is CCCn1cc(S(=O)(=O)NC2CCCC(C)(C)C2)c(N)n1. The molecule has 21 heavy (non-hydrogen) atoms. The van der Waals surface area contributed by atoms with E-state index < -0.39 is 10.0 Å². The summed E-state index contributed by atoms with van der Waals surface area (Å²) >= 11 is 0. The van der Waals surface area contributed by atoms with Crippen LogP contribution >= 0.6 is 0 Å². The number of nitrogens with zero attached hydrogens (tertiary/aromatic N) is 2. The lowest BCUT2D eigenvalue weighted by molar-refractivity contribution is 0.212. The van der Waals surface area contributed by atoms with Gasteiger partial charge < -0.3 is 5.73 Å². The molecule has 7 heteroatoms. The van der Waals surface area contributed by atoms with E-state index in [0.29, 0.717) is 6.54 Å². The minimum absolute atomic E-state index is 0.0207. The van der Waals surface area contributed by atoms with Gasteiger partial charge in [0.25, 0.3) is 0 Å². The van der Waals surface area contributed by atoms with Crippen molar-refractivity contribution in [3.63, 3.8) is 0 Å². The van der Waals surface area contributed by atoms with Crippen LogP contribution in [0.2, 0.25) is 0 Å². The third-order valence-electron chi connectivity index (χ3n) is 4.02. The van der Waals surface area contributed by atoms with E-state index in [1.807, 2.05) is 6.92 Å². The highest BCUT2D eigenvalue weighted by Crippen LogP contribution is 2.35. The molecule has 1 saturated carbocycles. The summed E-state index contributed by atoms with van der Waals surface area (Å²) in [6.07, 6.45) is 6.33. The smallest absolute Gasteiger partial charge is 0.246 e. The molecule has 1 atom stereocenters. The van der Waals surface area contributed by atoms with Crippen molar-refractivity contribution in [3.05, 3.63) is 6.20 Å². The molecule has 3 N–H and O–H groups in total. The molecule has 1 aliphatic rings. The molecule has 0 spiro atoms. The van der Waals surface area contributed by atoms with Gasteiger partial charge in [-0.25, -0.2) is 13.1 Å². The summed E-state index contributed by atoms with van der Waals surface area (Å²) < 4.78 is 29.4. The minimum Gasteiger partial charge on any atom is -0.381 e. The molecular weight excluding hydrogens is 288 g/mol. The Balaban J connectivity index is 2.15. The molecule has 0 bridgehead atoms. The molecule has 1 aromatic heterocycles. The summed E-state index contributed by atoms with van der Waals surface area (Å²) in [6, 6.07) is -0.0207. The van der Waals surface area contributed by atoms with Crippen LogP contribution in [0.4, 0.5) is 5.82 Å². The number of hydrogen-bond acceptors (Lipinski definition) is 4. The first-order valence-corrected chi connectivity index (χ1v) is 9.07. The molecule has 1 aliphatic carbocycles. The summed E-state index contributed by atoms with van der Waals surface area (Å²) in [6.45, 7) is 7.03. The number of nitrogen functional groups attached to an aromatic ring is 1. The third-order valence-corrected chi connectivity index (χ3v) is 5.56. The maximum absolute atomic E-state index is 12.5. The van der Waals surface area contributed by atoms with Crippen molar-refractivity contribution in [2.75, 3.05) is 5.73 Å². The Morgan fingerprint density at radius 1 is 1.52 bits per heavy atom. The number of anilines is 1. The van der Waals surface area contributed by atoms with E-state index in [1.165, 1.54) is 6.20 Å². The molecular formula is C14H26N4O2S. The van der Waals surface area contributed by atoms with Crippen LogP contribution in [0.25, 0.3) is 0 Å². The van der Waals surface area contributed by atoms with Gasteiger partial charge in [-0.15, -0.1) is 0 Å². The van der Waals surface area contributed by atoms with Crippen LogP contribution in [-0.4, -0.2) is 24.2 Å². The quantitative estimate of drug-likeness (QED) is 0.871. The van der Waals surface area contributed by atoms with Gasteiger partial charge in [0, 0.05) is 18.8 Å². The third kappa shape index (κ3) is 3.97. The molecule has 1 aromatic rings. The summed E-state index contributed by atoms with van der Waals surface area (Å²) in [5.41, 5.74) is 5.95. The summed E-state index contributed by atoms with van der Waals surface area (Å²) in [5, 5.41) is 4.06. The Hall–Kier alpha value is -1.08. The van der Waals surface area contributed by atoms with Crippen molar-refractivity contribution in [3.8, 4) is 0 Å². The zero-order chi connectivity index (χ0) is 15.7. The lowest BCUT2D eigenvalue weighted by Crippen LogP contribution is -2.40. The van der Waals surface area contributed by atoms with Gasteiger partial charge in [0.2, 0.25) is 10.0 Å². The number of aryl methyl sites for hydroxylation is 1. The standard InChI is InChI=1S/C14H26N4O2S/c1-4-8-18-10-12(13(15)16-18)21(19,20)17-11-6-5-7-14(2,3)9-11/h10-11,17H,4-9H2,1-3H3,(H2,15,16). The van der Waals surface area contributed by atoms with Gasteiger partial charge in [-0.2, -0.15) is 5.10 Å². The fourth-order valence-corrected chi connectivity index (χ4v) is 4.39. The summed E-state index contributed by atoms with van der Waals surface area (Å²) in [5.74, 6) is 0.0750. The van der Waals surface area contributed by atoms with Crippen LogP contribution < -0.4 is 10.5 Å². The van der Waals surface area contributed by atoms with E-state index in [9.17, 15) is 8.42 Å². The average Bonchev–Trinajstić information content (AvgIpc) is 2.69. The first-order chi connectivity index (χ1) is 9.73. The van der Waals surface area contributed by atoms with E-state index in [4.69, 9.17) is 5.73 Å². The first-order valence-electron chi connectivity index (χ1n) is 7.59. The van der Waals surface area contributed by atoms with E-state index in [1.54, 1.807) is 4.68 Å². The second kappa shape index (κ2) is 5.96. The molecule has 6 nitrogen and oxygen atoms in total. The second-order valence-electron chi connectivity index (χ2n) is 6.72. The van der Waals surface area contributed by atoms with Gasteiger partial charge in [-0.05, 0) is 31.1 Å². The van der Waals surface area contributed by atoms with E-state index in [2.05, 4.69) is 23.7 Å². The zero-order valence-electron chi connectivity index (χ0n) is 13.1. The zero-order valence-corrected chi connectivity index (χ0v) is 13.9. The van der Waals surface area contributed by atoms with Crippen molar-refractivity contribution in [1.29, 1.82) is 0 Å². The van der Waals surface area contributed by atoms with Crippen molar-refractivity contribution in [2.45, 2.75) is 70.4 Å². The number of hydrogen-bond donors (Lipinski definition) is 2.